The molecule has 2 rings (SSSR count). The summed E-state index contributed by atoms with van der Waals surface area (Å²) in [6.07, 6.45) is 8.10. The van der Waals surface area contributed by atoms with Crippen LogP contribution in [0.5, 0.6) is 0 Å². The molecule has 1 aromatic rings. The Kier molecular flexibility index (Phi) is 5.86. The first-order valence-electron chi connectivity index (χ1n) is 7.21. The van der Waals surface area contributed by atoms with Crippen LogP contribution in [0.2, 0.25) is 5.02 Å². The Balaban J connectivity index is 1.91. The predicted molar refractivity (Wildman–Crippen MR) is 80.4 cm³/mol. The molecular formula is C14H22ClN3O2. The highest BCUT2D eigenvalue weighted by molar-refractivity contribution is 6.32. The second-order valence-corrected chi connectivity index (χ2v) is 5.64. The second kappa shape index (κ2) is 7.64. The van der Waals surface area contributed by atoms with E-state index in [0.29, 0.717) is 18.8 Å². The van der Waals surface area contributed by atoms with Gasteiger partial charge in [0.2, 0.25) is 0 Å². The molecule has 5 nitrogen and oxygen atoms in total. The number of ether oxygens (including phenoxy) is 1. The predicted octanol–water partition coefficient (Wildman–Crippen LogP) is 2.54. The normalized spacial score (nSPS) is 15.7. The van der Waals surface area contributed by atoms with Crippen molar-refractivity contribution in [1.29, 1.82) is 0 Å². The average Bonchev–Trinajstić information content (AvgIpc) is 2.96. The maximum Gasteiger partial charge on any atom is 0.287 e. The van der Waals surface area contributed by atoms with Gasteiger partial charge in [-0.1, -0.05) is 37.3 Å². The van der Waals surface area contributed by atoms with Crippen LogP contribution >= 0.6 is 11.6 Å². The van der Waals surface area contributed by atoms with E-state index < -0.39 is 0 Å². The molecule has 1 N–H and O–H groups in total. The lowest BCUT2D eigenvalue weighted by molar-refractivity contribution is 0.182. The van der Waals surface area contributed by atoms with Gasteiger partial charge in [0.15, 0.2) is 0 Å². The van der Waals surface area contributed by atoms with E-state index in [1.54, 1.807) is 13.3 Å². The van der Waals surface area contributed by atoms with E-state index in [-0.39, 0.29) is 10.6 Å². The summed E-state index contributed by atoms with van der Waals surface area (Å²) < 4.78 is 6.26. The molecule has 0 saturated heterocycles. The smallest absolute Gasteiger partial charge is 0.287 e. The van der Waals surface area contributed by atoms with Crippen molar-refractivity contribution in [1.82, 2.24) is 9.78 Å². The number of nitrogens with one attached hydrogen (secondary N) is 1. The molecule has 0 spiro atoms. The number of aromatic nitrogens is 2. The van der Waals surface area contributed by atoms with Crippen LogP contribution in [0.4, 0.5) is 5.69 Å². The van der Waals surface area contributed by atoms with Crippen molar-refractivity contribution in [3.63, 3.8) is 0 Å². The summed E-state index contributed by atoms with van der Waals surface area (Å²) in [5, 5.41) is 7.54. The highest BCUT2D eigenvalue weighted by Crippen LogP contribution is 2.27. The fourth-order valence-corrected chi connectivity index (χ4v) is 2.85. The van der Waals surface area contributed by atoms with Crippen molar-refractivity contribution >= 4 is 17.3 Å². The molecule has 1 saturated carbocycles. The van der Waals surface area contributed by atoms with Crippen LogP contribution in [0, 0.1) is 5.92 Å². The molecule has 112 valence electrons. The van der Waals surface area contributed by atoms with Crippen LogP contribution in [0.1, 0.15) is 32.1 Å². The maximum atomic E-state index is 12.0. The number of hydrogen-bond donors (Lipinski definition) is 1. The molecule has 0 bridgehead atoms. The fraction of sp³-hybridized carbons (Fsp3) is 0.714. The summed E-state index contributed by atoms with van der Waals surface area (Å²) >= 11 is 6.10. The van der Waals surface area contributed by atoms with E-state index >= 15 is 0 Å². The van der Waals surface area contributed by atoms with Crippen LogP contribution < -0.4 is 10.9 Å². The Bertz CT molecular complexity index is 484. The third-order valence-electron chi connectivity index (χ3n) is 3.83. The number of halogens is 1. The fourth-order valence-electron chi connectivity index (χ4n) is 2.64. The number of rotatable bonds is 7. The van der Waals surface area contributed by atoms with Gasteiger partial charge < -0.3 is 10.1 Å². The van der Waals surface area contributed by atoms with E-state index in [0.717, 1.165) is 18.9 Å². The van der Waals surface area contributed by atoms with E-state index in [1.165, 1.54) is 30.4 Å². The monoisotopic (exact) mass is 299 g/mol. The quantitative estimate of drug-likeness (QED) is 0.840. The molecule has 0 unspecified atom stereocenters. The molecule has 0 aliphatic heterocycles. The van der Waals surface area contributed by atoms with Gasteiger partial charge in [-0.2, -0.15) is 5.10 Å². The molecule has 20 heavy (non-hydrogen) atoms. The number of nitrogens with zero attached hydrogens (tertiary/aromatic N) is 2. The minimum absolute atomic E-state index is 0.211. The minimum Gasteiger partial charge on any atom is -0.383 e. The Hall–Kier alpha value is -1.07. The van der Waals surface area contributed by atoms with Gasteiger partial charge >= 0.3 is 0 Å². The van der Waals surface area contributed by atoms with Crippen LogP contribution in [-0.2, 0) is 11.3 Å². The summed E-state index contributed by atoms with van der Waals surface area (Å²) in [5.74, 6) is 0.816. The standard InChI is InChI=1S/C14H22ClN3O2/c1-20-9-8-18-14(19)13(15)12(10-17-18)16-7-6-11-4-2-3-5-11/h10-11,16H,2-9H2,1H3. The van der Waals surface area contributed by atoms with Gasteiger partial charge in [-0.25, -0.2) is 4.68 Å². The summed E-state index contributed by atoms with van der Waals surface area (Å²) in [6.45, 7) is 1.70. The highest BCUT2D eigenvalue weighted by atomic mass is 35.5. The molecule has 1 aliphatic carbocycles. The lowest BCUT2D eigenvalue weighted by atomic mass is 10.0. The number of methoxy groups -OCH3 is 1. The average molecular weight is 300 g/mol. The van der Waals surface area contributed by atoms with E-state index in [1.807, 2.05) is 0 Å². The van der Waals surface area contributed by atoms with E-state index in [2.05, 4.69) is 10.4 Å². The summed E-state index contributed by atoms with van der Waals surface area (Å²) in [6, 6.07) is 0. The lowest BCUT2D eigenvalue weighted by Crippen LogP contribution is -2.26. The molecule has 0 atom stereocenters. The number of hydrogen-bond acceptors (Lipinski definition) is 4. The Morgan fingerprint density at radius 3 is 2.95 bits per heavy atom. The van der Waals surface area contributed by atoms with Crippen molar-refractivity contribution in [3.8, 4) is 0 Å². The van der Waals surface area contributed by atoms with Gasteiger partial charge in [0, 0.05) is 13.7 Å². The molecule has 1 aromatic heterocycles. The third kappa shape index (κ3) is 3.96. The van der Waals surface area contributed by atoms with Crippen LogP contribution in [0.25, 0.3) is 0 Å². The Morgan fingerprint density at radius 1 is 1.50 bits per heavy atom. The Labute approximate surface area is 124 Å². The molecule has 1 heterocycles. The van der Waals surface area contributed by atoms with Crippen LogP contribution in [-0.4, -0.2) is 30.0 Å². The Morgan fingerprint density at radius 2 is 2.25 bits per heavy atom. The minimum atomic E-state index is -0.269. The first kappa shape index (κ1) is 15.3. The van der Waals surface area contributed by atoms with E-state index in [9.17, 15) is 4.79 Å². The van der Waals surface area contributed by atoms with Crippen molar-refractivity contribution in [2.24, 2.45) is 5.92 Å². The molecule has 0 aromatic carbocycles. The molecule has 6 heteroatoms. The SMILES string of the molecule is COCCn1ncc(NCCC2CCCC2)c(Cl)c1=O. The summed E-state index contributed by atoms with van der Waals surface area (Å²) in [7, 11) is 1.59. The van der Waals surface area contributed by atoms with Crippen LogP contribution in [0.15, 0.2) is 11.0 Å². The molecule has 0 radical (unpaired) electrons. The second-order valence-electron chi connectivity index (χ2n) is 5.26. The van der Waals surface area contributed by atoms with Crippen molar-refractivity contribution < 1.29 is 4.74 Å². The summed E-state index contributed by atoms with van der Waals surface area (Å²) in [4.78, 5) is 12.0. The van der Waals surface area contributed by atoms with Gasteiger partial charge in [0.05, 0.1) is 25.0 Å². The van der Waals surface area contributed by atoms with Gasteiger partial charge in [0.25, 0.3) is 5.56 Å². The molecule has 1 aliphatic rings. The van der Waals surface area contributed by atoms with Crippen molar-refractivity contribution in [3.05, 3.63) is 21.6 Å². The molecule has 0 amide bonds. The topological polar surface area (TPSA) is 56.1 Å². The zero-order valence-electron chi connectivity index (χ0n) is 11.9. The van der Waals surface area contributed by atoms with Gasteiger partial charge in [-0.05, 0) is 12.3 Å². The molecule has 1 fully saturated rings. The lowest BCUT2D eigenvalue weighted by Gasteiger charge is -2.12. The van der Waals surface area contributed by atoms with Gasteiger partial charge in [-0.3, -0.25) is 4.79 Å². The first-order chi connectivity index (χ1) is 9.72. The van der Waals surface area contributed by atoms with Gasteiger partial charge in [-0.15, -0.1) is 0 Å². The summed E-state index contributed by atoms with van der Waals surface area (Å²) in [5.41, 5.74) is 0.359. The van der Waals surface area contributed by atoms with E-state index in [4.69, 9.17) is 16.3 Å². The zero-order chi connectivity index (χ0) is 14.4. The van der Waals surface area contributed by atoms with Crippen molar-refractivity contribution in [2.75, 3.05) is 25.6 Å². The van der Waals surface area contributed by atoms with Crippen LogP contribution in [0.3, 0.4) is 0 Å². The maximum absolute atomic E-state index is 12.0. The molecular weight excluding hydrogens is 278 g/mol. The first-order valence-corrected chi connectivity index (χ1v) is 7.58. The zero-order valence-corrected chi connectivity index (χ0v) is 12.7. The largest absolute Gasteiger partial charge is 0.383 e. The third-order valence-corrected chi connectivity index (χ3v) is 4.20. The number of anilines is 1. The van der Waals surface area contributed by atoms with Crippen molar-refractivity contribution in [2.45, 2.75) is 38.6 Å². The highest BCUT2D eigenvalue weighted by Gasteiger charge is 2.15. The van der Waals surface area contributed by atoms with Gasteiger partial charge in [0.1, 0.15) is 5.02 Å².